The second-order valence-electron chi connectivity index (χ2n) is 7.37. The van der Waals surface area contributed by atoms with Crippen LogP contribution in [0.3, 0.4) is 0 Å². The molecule has 30 heavy (non-hydrogen) atoms. The molecular weight excluding hydrogens is 428 g/mol. The van der Waals surface area contributed by atoms with E-state index in [0.29, 0.717) is 6.61 Å². The second-order valence-corrected chi connectivity index (χ2v) is 7.37. The number of hydrogen-bond acceptors (Lipinski definition) is 4. The van der Waals surface area contributed by atoms with Crippen LogP contribution in [0.1, 0.15) is 18.4 Å². The van der Waals surface area contributed by atoms with E-state index < -0.39 is 0 Å². The van der Waals surface area contributed by atoms with Gasteiger partial charge in [-0.15, -0.1) is 24.8 Å². The molecule has 0 aromatic heterocycles. The van der Waals surface area contributed by atoms with E-state index in [2.05, 4.69) is 16.3 Å². The number of carbonyl (C=O) groups excluding carboxylic acids is 1. The van der Waals surface area contributed by atoms with Gasteiger partial charge in [0.2, 0.25) is 5.91 Å². The van der Waals surface area contributed by atoms with E-state index in [9.17, 15) is 9.18 Å². The average Bonchev–Trinajstić information content (AvgIpc) is 3.28. The number of rotatable bonds is 5. The van der Waals surface area contributed by atoms with Crippen molar-refractivity contribution in [1.82, 2.24) is 10.2 Å². The number of anilines is 1. The summed E-state index contributed by atoms with van der Waals surface area (Å²) < 4.78 is 18.9. The lowest BCUT2D eigenvalue weighted by molar-refractivity contribution is -0.133. The zero-order chi connectivity index (χ0) is 19.3. The van der Waals surface area contributed by atoms with Crippen molar-refractivity contribution in [3.05, 3.63) is 59.9 Å². The van der Waals surface area contributed by atoms with Crippen LogP contribution >= 0.6 is 24.8 Å². The molecule has 2 fully saturated rings. The summed E-state index contributed by atoms with van der Waals surface area (Å²) in [6.07, 6.45) is 2.04. The zero-order valence-electron chi connectivity index (χ0n) is 16.8. The van der Waals surface area contributed by atoms with Gasteiger partial charge >= 0.3 is 0 Å². The van der Waals surface area contributed by atoms with Gasteiger partial charge in [0, 0.05) is 37.9 Å². The van der Waals surface area contributed by atoms with Crippen LogP contribution in [0.25, 0.3) is 0 Å². The third-order valence-corrected chi connectivity index (χ3v) is 5.45. The molecule has 1 unspecified atom stereocenters. The molecule has 8 heteroatoms. The van der Waals surface area contributed by atoms with E-state index in [1.807, 2.05) is 23.1 Å². The van der Waals surface area contributed by atoms with E-state index in [1.165, 1.54) is 12.1 Å². The molecule has 4 rings (SSSR count). The number of amides is 1. The number of halogens is 3. The van der Waals surface area contributed by atoms with Crippen molar-refractivity contribution in [1.29, 1.82) is 0 Å². The summed E-state index contributed by atoms with van der Waals surface area (Å²) in [5, 5.41) is 3.29. The van der Waals surface area contributed by atoms with Crippen LogP contribution < -0.4 is 15.0 Å². The van der Waals surface area contributed by atoms with Crippen molar-refractivity contribution < 1.29 is 13.9 Å². The predicted molar refractivity (Wildman–Crippen MR) is 121 cm³/mol. The molecule has 2 aromatic carbocycles. The van der Waals surface area contributed by atoms with E-state index in [1.54, 1.807) is 12.1 Å². The third kappa shape index (κ3) is 6.00. The summed E-state index contributed by atoms with van der Waals surface area (Å²) in [6, 6.07) is 14.4. The number of nitrogens with one attached hydrogen (secondary N) is 1. The molecule has 1 amide bonds. The number of ether oxygens (including phenoxy) is 1. The fourth-order valence-electron chi connectivity index (χ4n) is 3.82. The lowest BCUT2D eigenvalue weighted by atomic mass is 10.1. The summed E-state index contributed by atoms with van der Waals surface area (Å²) in [5.74, 6) is 0.788. The molecule has 2 heterocycles. The minimum atomic E-state index is -0.243. The Hall–Kier alpha value is -2.02. The minimum Gasteiger partial charge on any atom is -0.489 e. The molecule has 164 valence electrons. The fourth-order valence-corrected chi connectivity index (χ4v) is 3.82. The SMILES string of the molecule is Cl.Cl.O=C(C1CCCN1)N1CCN(c2cccc(OCc3ccc(F)cc3)c2)CC1. The summed E-state index contributed by atoms with van der Waals surface area (Å²) in [6.45, 7) is 4.48. The van der Waals surface area contributed by atoms with Crippen LogP contribution in [-0.2, 0) is 11.4 Å². The number of piperazine rings is 1. The van der Waals surface area contributed by atoms with Crippen molar-refractivity contribution in [2.24, 2.45) is 0 Å². The molecule has 1 atom stereocenters. The molecule has 2 aliphatic heterocycles. The predicted octanol–water partition coefficient (Wildman–Crippen LogP) is 3.65. The average molecular weight is 456 g/mol. The standard InChI is InChI=1S/C22H26FN3O2.2ClH/c23-18-8-6-17(7-9-18)16-28-20-4-1-3-19(15-20)25-11-13-26(14-12-25)22(27)21-5-2-10-24-21;;/h1,3-4,6-9,15,21,24H,2,5,10-14,16H2;2*1H. The maximum atomic E-state index is 13.0. The zero-order valence-corrected chi connectivity index (χ0v) is 18.4. The number of benzene rings is 2. The Morgan fingerprint density at radius 1 is 1.07 bits per heavy atom. The molecule has 1 N–H and O–H groups in total. The Kier molecular flexibility index (Phi) is 9.21. The quantitative estimate of drug-likeness (QED) is 0.746. The number of nitrogens with zero attached hydrogens (tertiary/aromatic N) is 2. The van der Waals surface area contributed by atoms with Gasteiger partial charge < -0.3 is 19.9 Å². The van der Waals surface area contributed by atoms with Crippen molar-refractivity contribution >= 4 is 36.4 Å². The second kappa shape index (κ2) is 11.4. The van der Waals surface area contributed by atoms with Crippen LogP contribution in [-0.4, -0.2) is 49.6 Å². The molecule has 5 nitrogen and oxygen atoms in total. The molecule has 0 bridgehead atoms. The van der Waals surface area contributed by atoms with Gasteiger partial charge in [0.05, 0.1) is 6.04 Å². The molecular formula is C22H28Cl2FN3O2. The van der Waals surface area contributed by atoms with Gasteiger partial charge in [0.25, 0.3) is 0 Å². The molecule has 2 saturated heterocycles. The summed E-state index contributed by atoms with van der Waals surface area (Å²) in [7, 11) is 0. The van der Waals surface area contributed by atoms with Crippen LogP contribution in [0.5, 0.6) is 5.75 Å². The first kappa shape index (κ1) is 24.3. The highest BCUT2D eigenvalue weighted by molar-refractivity contribution is 5.85. The van der Waals surface area contributed by atoms with Gasteiger partial charge in [0.15, 0.2) is 0 Å². The van der Waals surface area contributed by atoms with E-state index in [0.717, 1.165) is 62.6 Å². The molecule has 0 aliphatic carbocycles. The Balaban J connectivity index is 0.00000160. The summed E-state index contributed by atoms with van der Waals surface area (Å²) >= 11 is 0. The maximum Gasteiger partial charge on any atom is 0.239 e. The smallest absolute Gasteiger partial charge is 0.239 e. The van der Waals surface area contributed by atoms with Gasteiger partial charge in [-0.25, -0.2) is 4.39 Å². The molecule has 2 aromatic rings. The van der Waals surface area contributed by atoms with Crippen LogP contribution in [0.15, 0.2) is 48.5 Å². The number of hydrogen-bond donors (Lipinski definition) is 1. The van der Waals surface area contributed by atoms with Crippen LogP contribution in [0.4, 0.5) is 10.1 Å². The van der Waals surface area contributed by atoms with Crippen molar-refractivity contribution in [3.8, 4) is 5.75 Å². The normalized spacial score (nSPS) is 18.4. The minimum absolute atomic E-state index is 0. The lowest BCUT2D eigenvalue weighted by Gasteiger charge is -2.37. The highest BCUT2D eigenvalue weighted by atomic mass is 35.5. The van der Waals surface area contributed by atoms with E-state index in [-0.39, 0.29) is 42.6 Å². The Morgan fingerprint density at radius 2 is 1.80 bits per heavy atom. The van der Waals surface area contributed by atoms with Gasteiger partial charge in [-0.1, -0.05) is 18.2 Å². The number of carbonyl (C=O) groups is 1. The van der Waals surface area contributed by atoms with Crippen molar-refractivity contribution in [2.75, 3.05) is 37.6 Å². The molecule has 0 radical (unpaired) electrons. The van der Waals surface area contributed by atoms with Crippen molar-refractivity contribution in [2.45, 2.75) is 25.5 Å². The first-order valence-electron chi connectivity index (χ1n) is 9.93. The van der Waals surface area contributed by atoms with Gasteiger partial charge in [-0.2, -0.15) is 0 Å². The van der Waals surface area contributed by atoms with Crippen LogP contribution in [0.2, 0.25) is 0 Å². The maximum absolute atomic E-state index is 13.0. The molecule has 0 spiro atoms. The van der Waals surface area contributed by atoms with Gasteiger partial charge in [-0.3, -0.25) is 4.79 Å². The van der Waals surface area contributed by atoms with Gasteiger partial charge in [-0.05, 0) is 49.2 Å². The summed E-state index contributed by atoms with van der Waals surface area (Å²) in [4.78, 5) is 16.8. The van der Waals surface area contributed by atoms with Crippen LogP contribution in [0, 0.1) is 5.82 Å². The first-order valence-corrected chi connectivity index (χ1v) is 9.93. The van der Waals surface area contributed by atoms with Crippen molar-refractivity contribution in [3.63, 3.8) is 0 Å². The third-order valence-electron chi connectivity index (χ3n) is 5.45. The topological polar surface area (TPSA) is 44.8 Å². The van der Waals surface area contributed by atoms with Gasteiger partial charge in [0.1, 0.15) is 18.2 Å². The fraction of sp³-hybridized carbons (Fsp3) is 0.409. The highest BCUT2D eigenvalue weighted by Gasteiger charge is 2.29. The molecule has 0 saturated carbocycles. The first-order chi connectivity index (χ1) is 13.7. The monoisotopic (exact) mass is 455 g/mol. The van der Waals surface area contributed by atoms with E-state index >= 15 is 0 Å². The Labute approximate surface area is 189 Å². The Morgan fingerprint density at radius 3 is 2.47 bits per heavy atom. The largest absolute Gasteiger partial charge is 0.489 e. The Bertz CT molecular complexity index is 808. The van der Waals surface area contributed by atoms with E-state index in [4.69, 9.17) is 4.74 Å². The lowest BCUT2D eigenvalue weighted by Crippen LogP contribution is -2.53. The molecule has 2 aliphatic rings. The highest BCUT2D eigenvalue weighted by Crippen LogP contribution is 2.23. The summed E-state index contributed by atoms with van der Waals surface area (Å²) in [5.41, 5.74) is 2.03.